The second kappa shape index (κ2) is 35.9. The van der Waals surface area contributed by atoms with Crippen LogP contribution in [0.4, 0.5) is 0 Å². The minimum atomic E-state index is -0.651. The van der Waals surface area contributed by atoms with Gasteiger partial charge in [-0.3, -0.25) is 4.79 Å². The lowest BCUT2D eigenvalue weighted by atomic mass is 10.0. The van der Waals surface area contributed by atoms with Crippen molar-refractivity contribution in [2.24, 2.45) is 0 Å². The molecule has 43 heavy (non-hydrogen) atoms. The van der Waals surface area contributed by atoms with Gasteiger partial charge in [-0.15, -0.1) is 0 Å². The van der Waals surface area contributed by atoms with Crippen LogP contribution in [-0.4, -0.2) is 34.9 Å². The first-order chi connectivity index (χ1) is 21.2. The third-order valence-electron chi connectivity index (χ3n) is 9.37. The van der Waals surface area contributed by atoms with E-state index in [4.69, 9.17) is 0 Å². The van der Waals surface area contributed by atoms with Crippen molar-refractivity contribution in [3.8, 4) is 0 Å². The number of aliphatic hydroxyl groups excluding tert-OH is 2. The van der Waals surface area contributed by atoms with E-state index in [0.29, 0.717) is 12.8 Å². The van der Waals surface area contributed by atoms with Gasteiger partial charge in [-0.25, -0.2) is 0 Å². The van der Waals surface area contributed by atoms with Gasteiger partial charge in [0.25, 0.3) is 0 Å². The van der Waals surface area contributed by atoms with Gasteiger partial charge in [-0.05, 0) is 12.8 Å². The van der Waals surface area contributed by atoms with Crippen LogP contribution in [0.15, 0.2) is 0 Å². The average Bonchev–Trinajstić information content (AvgIpc) is 3.01. The number of unbranched alkanes of at least 4 members (excludes halogenated alkanes) is 29. The summed E-state index contributed by atoms with van der Waals surface area (Å²) in [7, 11) is 0. The molecule has 4 nitrogen and oxygen atoms in total. The smallest absolute Gasteiger partial charge is 0.220 e. The van der Waals surface area contributed by atoms with E-state index in [0.717, 1.165) is 25.7 Å². The van der Waals surface area contributed by atoms with Crippen molar-refractivity contribution in [1.29, 1.82) is 0 Å². The summed E-state index contributed by atoms with van der Waals surface area (Å²) in [4.78, 5) is 12.3. The molecular formula is C39H79NO3. The van der Waals surface area contributed by atoms with Crippen LogP contribution in [0.2, 0.25) is 0 Å². The fraction of sp³-hybridized carbons (Fsp3) is 0.974. The highest BCUT2D eigenvalue weighted by Gasteiger charge is 2.19. The Morgan fingerprint density at radius 1 is 0.465 bits per heavy atom. The monoisotopic (exact) mass is 610 g/mol. The Morgan fingerprint density at radius 3 is 1.05 bits per heavy atom. The maximum atomic E-state index is 12.3. The molecule has 2 atom stereocenters. The number of rotatable bonds is 36. The van der Waals surface area contributed by atoms with Gasteiger partial charge in [0.1, 0.15) is 0 Å². The molecule has 0 aliphatic carbocycles. The Labute approximate surface area is 270 Å². The normalized spacial score (nSPS) is 12.9. The van der Waals surface area contributed by atoms with Crippen LogP contribution in [0.5, 0.6) is 0 Å². The molecule has 0 aliphatic heterocycles. The summed E-state index contributed by atoms with van der Waals surface area (Å²) in [6, 6.07) is -0.527. The molecule has 3 N–H and O–H groups in total. The summed E-state index contributed by atoms with van der Waals surface area (Å²) < 4.78 is 0. The summed E-state index contributed by atoms with van der Waals surface area (Å²) >= 11 is 0. The average molecular weight is 610 g/mol. The first-order valence-corrected chi connectivity index (χ1v) is 19.7. The number of hydrogen-bond acceptors (Lipinski definition) is 3. The van der Waals surface area contributed by atoms with Gasteiger partial charge in [0, 0.05) is 6.42 Å². The minimum Gasteiger partial charge on any atom is -0.394 e. The zero-order valence-electron chi connectivity index (χ0n) is 29.5. The predicted molar refractivity (Wildman–Crippen MR) is 189 cm³/mol. The molecule has 0 radical (unpaired) electrons. The van der Waals surface area contributed by atoms with Crippen molar-refractivity contribution in [3.63, 3.8) is 0 Å². The molecule has 0 heterocycles. The van der Waals surface area contributed by atoms with Crippen molar-refractivity contribution in [1.82, 2.24) is 5.32 Å². The molecule has 1 amide bonds. The first-order valence-electron chi connectivity index (χ1n) is 19.7. The Morgan fingerprint density at radius 2 is 0.744 bits per heavy atom. The van der Waals surface area contributed by atoms with Gasteiger partial charge in [0.2, 0.25) is 5.91 Å². The summed E-state index contributed by atoms with van der Waals surface area (Å²) in [5, 5.41) is 23.1. The van der Waals surface area contributed by atoms with Crippen molar-refractivity contribution in [3.05, 3.63) is 0 Å². The molecule has 0 bridgehead atoms. The molecule has 0 rings (SSSR count). The summed E-state index contributed by atoms with van der Waals surface area (Å²) in [5.74, 6) is -0.0278. The minimum absolute atomic E-state index is 0.0278. The highest BCUT2D eigenvalue weighted by molar-refractivity contribution is 5.76. The molecule has 0 aliphatic rings. The van der Waals surface area contributed by atoms with Crippen molar-refractivity contribution >= 4 is 5.91 Å². The maximum Gasteiger partial charge on any atom is 0.220 e. The lowest BCUT2D eigenvalue weighted by Gasteiger charge is -2.22. The fourth-order valence-electron chi connectivity index (χ4n) is 6.30. The third-order valence-corrected chi connectivity index (χ3v) is 9.37. The highest BCUT2D eigenvalue weighted by Crippen LogP contribution is 2.16. The van der Waals surface area contributed by atoms with Crippen LogP contribution in [-0.2, 0) is 4.79 Å². The quantitative estimate of drug-likeness (QED) is 0.0619. The zero-order chi connectivity index (χ0) is 31.5. The number of carbonyl (C=O) groups is 1. The second-order valence-electron chi connectivity index (χ2n) is 13.7. The Kier molecular flexibility index (Phi) is 35.4. The Hall–Kier alpha value is -0.610. The molecular weight excluding hydrogens is 530 g/mol. The molecule has 258 valence electrons. The molecule has 0 aromatic rings. The molecule has 2 unspecified atom stereocenters. The molecule has 0 aromatic heterocycles. The van der Waals surface area contributed by atoms with E-state index >= 15 is 0 Å². The first kappa shape index (κ1) is 42.4. The van der Waals surface area contributed by atoms with Gasteiger partial charge >= 0.3 is 0 Å². The number of hydrogen-bond donors (Lipinski definition) is 3. The fourth-order valence-corrected chi connectivity index (χ4v) is 6.30. The van der Waals surface area contributed by atoms with E-state index in [1.165, 1.54) is 173 Å². The van der Waals surface area contributed by atoms with Crippen LogP contribution in [0, 0.1) is 0 Å². The van der Waals surface area contributed by atoms with Gasteiger partial charge in [-0.1, -0.05) is 206 Å². The zero-order valence-corrected chi connectivity index (χ0v) is 29.5. The lowest BCUT2D eigenvalue weighted by Crippen LogP contribution is -2.45. The summed E-state index contributed by atoms with van der Waals surface area (Å²) in [6.07, 6.45) is 41.6. The number of aliphatic hydroxyl groups is 2. The maximum absolute atomic E-state index is 12.3. The van der Waals surface area contributed by atoms with Crippen LogP contribution >= 0.6 is 0 Å². The topological polar surface area (TPSA) is 69.6 Å². The number of amides is 1. The van der Waals surface area contributed by atoms with E-state index < -0.39 is 12.1 Å². The molecule has 0 saturated heterocycles. The van der Waals surface area contributed by atoms with Gasteiger partial charge in [0.05, 0.1) is 18.8 Å². The van der Waals surface area contributed by atoms with Crippen LogP contribution in [0.3, 0.4) is 0 Å². The van der Waals surface area contributed by atoms with Gasteiger partial charge in [0.15, 0.2) is 0 Å². The van der Waals surface area contributed by atoms with E-state index in [-0.39, 0.29) is 12.5 Å². The molecule has 0 aromatic carbocycles. The standard InChI is InChI=1S/C39H79NO3/c1-3-5-7-9-11-13-15-17-18-19-20-21-23-25-27-29-31-33-35-39(43)40-37(36-41)38(42)34-32-30-28-26-24-22-16-14-12-10-8-6-4-2/h37-38,41-42H,3-36H2,1-2H3,(H,40,43). The second-order valence-corrected chi connectivity index (χ2v) is 13.7. The predicted octanol–water partition coefficient (Wildman–Crippen LogP) is 11.7. The highest BCUT2D eigenvalue weighted by atomic mass is 16.3. The SMILES string of the molecule is CCCCCCCCCCCCCCCCCCCCC(=O)NC(CO)C(O)CCCCCCCCCCCCCCC. The molecule has 0 spiro atoms. The largest absolute Gasteiger partial charge is 0.394 e. The van der Waals surface area contributed by atoms with Crippen molar-refractivity contribution < 1.29 is 15.0 Å². The lowest BCUT2D eigenvalue weighted by molar-refractivity contribution is -0.123. The third kappa shape index (κ3) is 32.6. The van der Waals surface area contributed by atoms with Crippen molar-refractivity contribution in [2.75, 3.05) is 6.61 Å². The number of carbonyl (C=O) groups excluding carboxylic acids is 1. The van der Waals surface area contributed by atoms with Gasteiger partial charge in [-0.2, -0.15) is 0 Å². The van der Waals surface area contributed by atoms with Gasteiger partial charge < -0.3 is 15.5 Å². The number of nitrogens with one attached hydrogen (secondary N) is 1. The van der Waals surface area contributed by atoms with Crippen LogP contribution in [0.1, 0.15) is 226 Å². The molecule has 4 heteroatoms. The Balaban J connectivity index is 3.49. The van der Waals surface area contributed by atoms with E-state index in [1.54, 1.807) is 0 Å². The summed E-state index contributed by atoms with van der Waals surface area (Å²) in [6.45, 7) is 4.37. The van der Waals surface area contributed by atoms with E-state index in [2.05, 4.69) is 19.2 Å². The van der Waals surface area contributed by atoms with Crippen molar-refractivity contribution in [2.45, 2.75) is 238 Å². The van der Waals surface area contributed by atoms with E-state index in [1.807, 2.05) is 0 Å². The van der Waals surface area contributed by atoms with Crippen LogP contribution < -0.4 is 5.32 Å². The molecule has 0 saturated carbocycles. The Bertz CT molecular complexity index is 541. The summed E-state index contributed by atoms with van der Waals surface area (Å²) in [5.41, 5.74) is 0. The van der Waals surface area contributed by atoms with Crippen LogP contribution in [0.25, 0.3) is 0 Å². The molecule has 0 fully saturated rings. The van der Waals surface area contributed by atoms with E-state index in [9.17, 15) is 15.0 Å².